The Morgan fingerprint density at radius 1 is 0.274 bits per heavy atom. The van der Waals surface area contributed by atoms with Crippen LogP contribution in [-0.4, -0.2) is 224 Å². The van der Waals surface area contributed by atoms with Crippen molar-refractivity contribution >= 4 is 43.6 Å². The Balaban J connectivity index is 13.6. The van der Waals surface area contributed by atoms with Gasteiger partial charge in [-0.05, 0) is 0 Å². The van der Waals surface area contributed by atoms with Gasteiger partial charge in [0, 0.05) is 0 Å². The second kappa shape index (κ2) is 35.0. The first-order chi connectivity index (χ1) is 34.8. The summed E-state index contributed by atoms with van der Waals surface area (Å²) in [6.45, 7) is 69.4. The number of carboxylic acid groups (broad SMARTS) is 1. The molecule has 0 aliphatic carbocycles. The van der Waals surface area contributed by atoms with Crippen molar-refractivity contribution in [2.75, 3.05) is 157 Å². The second-order valence-corrected chi connectivity index (χ2v) is 33.2. The van der Waals surface area contributed by atoms with Gasteiger partial charge < -0.3 is 0 Å². The molecule has 0 aromatic heterocycles. The first-order valence-corrected chi connectivity index (χ1v) is 37.7. The van der Waals surface area contributed by atoms with Crippen LogP contribution in [0.3, 0.4) is 0 Å². The number of hydrogen-bond donors (Lipinski definition) is 1. The standard InChI is InChI=1S/C49H121N16O3P5/c1-25-54(26-2)69(55(27-3)28-4,56(29-5)30-6)50-73(68-49(66)67,51-70(57(31-7)32-8,58(33-9)34-10)59(35-11)36-12,52-71(60(37-13)38-14,61(39-15)40-16)62(41-17)42-18)53-72(63(43-19)44-20,64(45-21)46-22)65(47-23)48-24/h25-48H2,1-24H3,(H,66,67). The summed E-state index contributed by atoms with van der Waals surface area (Å²) in [4.78, 5) is 15.3. The maximum atomic E-state index is 15.3. The summed E-state index contributed by atoms with van der Waals surface area (Å²) in [6.07, 6.45) is -1.44. The van der Waals surface area contributed by atoms with Gasteiger partial charge in [0.2, 0.25) is 0 Å². The summed E-state index contributed by atoms with van der Waals surface area (Å²) in [7, 11) is -19.5. The maximum absolute atomic E-state index is 15.3. The molecule has 0 aliphatic heterocycles. The monoisotopic (exact) mass is 1140 g/mol. The van der Waals surface area contributed by atoms with Crippen LogP contribution in [-0.2, 0) is 4.52 Å². The van der Waals surface area contributed by atoms with Gasteiger partial charge in [-0.1, -0.05) is 0 Å². The summed E-state index contributed by atoms with van der Waals surface area (Å²) < 4.78 is 65.7. The predicted octanol–water partition coefficient (Wildman–Crippen LogP) is 14.7. The molecule has 0 unspecified atom stereocenters. The molecule has 0 aromatic carbocycles. The molecule has 0 aliphatic rings. The van der Waals surface area contributed by atoms with Crippen molar-refractivity contribution in [2.24, 2.45) is 18.1 Å². The Hall–Kier alpha value is 0.140. The molecule has 440 valence electrons. The average Bonchev–Trinajstić information content (AvgIpc) is 3.37. The van der Waals surface area contributed by atoms with E-state index in [9.17, 15) is 5.11 Å². The molecule has 0 spiro atoms. The molecule has 0 rings (SSSR count). The van der Waals surface area contributed by atoms with E-state index in [4.69, 9.17) is 22.6 Å². The van der Waals surface area contributed by atoms with Gasteiger partial charge in [-0.3, -0.25) is 0 Å². The van der Waals surface area contributed by atoms with Gasteiger partial charge in [0.1, 0.15) is 0 Å². The van der Waals surface area contributed by atoms with Crippen LogP contribution in [0.1, 0.15) is 166 Å². The molecular formula is C49H121N16O3P5. The van der Waals surface area contributed by atoms with Crippen LogP contribution in [0, 0.1) is 0 Å². The molecule has 19 nitrogen and oxygen atoms in total. The van der Waals surface area contributed by atoms with E-state index in [-0.39, 0.29) is 0 Å². The summed E-state index contributed by atoms with van der Waals surface area (Å²) in [5.74, 6) is 0. The van der Waals surface area contributed by atoms with Crippen molar-refractivity contribution in [3.8, 4) is 0 Å². The predicted molar refractivity (Wildman–Crippen MR) is 328 cm³/mol. The minimum absolute atomic E-state index is 0.660. The van der Waals surface area contributed by atoms with Gasteiger partial charge in [0.15, 0.2) is 0 Å². The Morgan fingerprint density at radius 3 is 0.438 bits per heavy atom. The van der Waals surface area contributed by atoms with E-state index < -0.39 is 43.6 Å². The zero-order chi connectivity index (χ0) is 56.5. The van der Waals surface area contributed by atoms with E-state index in [0.717, 1.165) is 0 Å². The average molecular weight is 1140 g/mol. The van der Waals surface area contributed by atoms with Crippen LogP contribution in [0.15, 0.2) is 18.1 Å². The minimum atomic E-state index is -6.08. The van der Waals surface area contributed by atoms with Crippen LogP contribution in [0.4, 0.5) is 4.79 Å². The van der Waals surface area contributed by atoms with Crippen LogP contribution >= 0.6 is 37.5 Å². The molecule has 0 saturated heterocycles. The van der Waals surface area contributed by atoms with Crippen LogP contribution in [0.25, 0.3) is 0 Å². The van der Waals surface area contributed by atoms with E-state index in [1.807, 2.05) is 0 Å². The molecule has 1 N–H and O–H groups in total. The fraction of sp³-hybridized carbons (Fsp3) is 0.980. The quantitative estimate of drug-likeness (QED) is 0.0582. The summed E-state index contributed by atoms with van der Waals surface area (Å²) in [5.41, 5.74) is 0. The Kier molecular flexibility index (Phi) is 35.1. The van der Waals surface area contributed by atoms with Crippen molar-refractivity contribution in [2.45, 2.75) is 166 Å². The fourth-order valence-corrected chi connectivity index (χ4v) is 40.4. The first kappa shape index (κ1) is 73.1. The van der Waals surface area contributed by atoms with Gasteiger partial charge in [0.05, 0.1) is 0 Å². The SMILES string of the molecule is CCN(CC)P(=NP(N=P(N(CC)CC)(N(CC)CC)N(CC)CC)(N=P(N(CC)CC)(N(CC)CC)N(CC)CC)(N=P(N(CC)CC)(N(CC)CC)N(CC)CC)OC(=O)O)(N(CC)CC)N(CC)CC. The molecule has 0 saturated carbocycles. The van der Waals surface area contributed by atoms with Gasteiger partial charge >= 0.3 is 455 Å². The van der Waals surface area contributed by atoms with Gasteiger partial charge in [-0.2, -0.15) is 0 Å². The van der Waals surface area contributed by atoms with E-state index in [0.29, 0.717) is 157 Å². The molecule has 0 amide bonds. The van der Waals surface area contributed by atoms with Crippen molar-refractivity contribution in [3.05, 3.63) is 0 Å². The molecule has 73 heavy (non-hydrogen) atoms. The Morgan fingerprint density at radius 2 is 0.370 bits per heavy atom. The Labute approximate surface area is 453 Å². The van der Waals surface area contributed by atoms with E-state index in [2.05, 4.69) is 222 Å². The molecule has 0 fully saturated rings. The number of hydrogen-bond acceptors (Lipinski definition) is 6. The third-order valence-electron chi connectivity index (χ3n) is 14.7. The molecule has 0 bridgehead atoms. The molecule has 0 atom stereocenters. The third-order valence-corrected chi connectivity index (χ3v) is 39.9. The zero-order valence-electron chi connectivity index (χ0n) is 52.1. The van der Waals surface area contributed by atoms with Crippen LogP contribution < -0.4 is 0 Å². The van der Waals surface area contributed by atoms with Crippen LogP contribution in [0.2, 0.25) is 0 Å². The molecule has 0 heterocycles. The molecule has 0 aromatic rings. The van der Waals surface area contributed by atoms with Gasteiger partial charge in [-0.15, -0.1) is 0 Å². The third kappa shape index (κ3) is 14.9. The topological polar surface area (TPSA) is 135 Å². The van der Waals surface area contributed by atoms with Crippen molar-refractivity contribution in [1.82, 2.24) is 56.0 Å². The van der Waals surface area contributed by atoms with Crippen molar-refractivity contribution in [1.29, 1.82) is 0 Å². The first-order valence-electron chi connectivity index (χ1n) is 29.4. The number of nitrogens with zero attached hydrogens (tertiary/aromatic N) is 16. The Bertz CT molecular complexity index is 1360. The van der Waals surface area contributed by atoms with Crippen LogP contribution in [0.5, 0.6) is 0 Å². The summed E-state index contributed by atoms with van der Waals surface area (Å²) in [6, 6.07) is 0. The molecule has 0 radical (unpaired) electrons. The second-order valence-electron chi connectivity index (χ2n) is 17.4. The number of carbonyl (C=O) groups is 1. The molecule has 24 heteroatoms. The van der Waals surface area contributed by atoms with Gasteiger partial charge in [0.25, 0.3) is 0 Å². The van der Waals surface area contributed by atoms with Gasteiger partial charge in [-0.25, -0.2) is 0 Å². The molecular weight excluding hydrogens is 1020 g/mol. The fourth-order valence-electron chi connectivity index (χ4n) is 11.2. The van der Waals surface area contributed by atoms with E-state index in [1.165, 1.54) is 0 Å². The van der Waals surface area contributed by atoms with E-state index >= 15 is 4.79 Å². The normalized spacial score (nSPS) is 14.2. The van der Waals surface area contributed by atoms with E-state index in [1.54, 1.807) is 0 Å². The zero-order valence-corrected chi connectivity index (χ0v) is 56.6. The van der Waals surface area contributed by atoms with Crippen molar-refractivity contribution < 1.29 is 14.4 Å². The summed E-state index contributed by atoms with van der Waals surface area (Å²) in [5, 5.41) is 12.5. The number of rotatable bonds is 41. The van der Waals surface area contributed by atoms with Crippen molar-refractivity contribution in [3.63, 3.8) is 0 Å². The summed E-state index contributed by atoms with van der Waals surface area (Å²) >= 11 is 0.